The van der Waals surface area contributed by atoms with Gasteiger partial charge in [-0.15, -0.1) is 6.58 Å². The maximum Gasteiger partial charge on any atom is 0.416 e. The van der Waals surface area contributed by atoms with Crippen LogP contribution >= 0.6 is 0 Å². The molecule has 1 N–H and O–H groups in total. The molecule has 0 aromatic heterocycles. The van der Waals surface area contributed by atoms with E-state index in [1.807, 2.05) is 0 Å². The summed E-state index contributed by atoms with van der Waals surface area (Å²) >= 11 is 0. The molecule has 40 heavy (non-hydrogen) atoms. The molecule has 8 nitrogen and oxygen atoms in total. The molecule has 206 valence electrons. The van der Waals surface area contributed by atoms with Crippen molar-refractivity contribution in [2.75, 3.05) is 11.9 Å². The maximum absolute atomic E-state index is 13.2. The summed E-state index contributed by atoms with van der Waals surface area (Å²) in [4.78, 5) is 23.2. The minimum absolute atomic E-state index is 0.0176. The van der Waals surface area contributed by atoms with Gasteiger partial charge in [0.2, 0.25) is 5.75 Å². The van der Waals surface area contributed by atoms with E-state index in [2.05, 4.69) is 11.9 Å². The second-order valence-corrected chi connectivity index (χ2v) is 8.10. The van der Waals surface area contributed by atoms with Gasteiger partial charge in [-0.25, -0.2) is 4.39 Å². The molecule has 12 heteroatoms. The van der Waals surface area contributed by atoms with Gasteiger partial charge in [0.15, 0.2) is 11.5 Å². The molecule has 0 aliphatic carbocycles. The van der Waals surface area contributed by atoms with Crippen LogP contribution in [0.2, 0.25) is 0 Å². The van der Waals surface area contributed by atoms with Gasteiger partial charge in [-0.05, 0) is 73.5 Å². The molecule has 3 rings (SSSR count). The van der Waals surface area contributed by atoms with E-state index >= 15 is 0 Å². The molecule has 0 radical (unpaired) electrons. The maximum atomic E-state index is 13.2. The Morgan fingerprint density at radius 2 is 1.85 bits per heavy atom. The van der Waals surface area contributed by atoms with E-state index in [-0.39, 0.29) is 35.8 Å². The highest BCUT2D eigenvalue weighted by molar-refractivity contribution is 6.09. The van der Waals surface area contributed by atoms with E-state index in [0.717, 1.165) is 18.2 Å². The quantitative estimate of drug-likeness (QED) is 0.0706. The number of ether oxygens (including phenoxy) is 2. The number of alkyl halides is 3. The molecule has 0 aliphatic rings. The second-order valence-electron chi connectivity index (χ2n) is 8.10. The molecule has 0 bridgehead atoms. The van der Waals surface area contributed by atoms with E-state index in [9.17, 15) is 37.7 Å². The van der Waals surface area contributed by atoms with Gasteiger partial charge >= 0.3 is 11.9 Å². The number of amides is 1. The number of nitro groups is 1. The van der Waals surface area contributed by atoms with Crippen molar-refractivity contribution in [1.29, 1.82) is 5.26 Å². The molecule has 3 aromatic carbocycles. The fraction of sp³-hybridized carbons (Fsp3) is 0.143. The van der Waals surface area contributed by atoms with Crippen molar-refractivity contribution < 1.29 is 36.8 Å². The summed E-state index contributed by atoms with van der Waals surface area (Å²) in [6.45, 7) is 5.43. The number of halogens is 4. The van der Waals surface area contributed by atoms with E-state index < -0.39 is 39.8 Å². The lowest BCUT2D eigenvalue weighted by molar-refractivity contribution is -0.385. The number of carbonyl (C=O) groups excluding carboxylic acids is 1. The Labute approximate surface area is 225 Å². The molecule has 3 aromatic rings. The van der Waals surface area contributed by atoms with Crippen LogP contribution in [0.25, 0.3) is 6.08 Å². The monoisotopic (exact) mass is 555 g/mol. The summed E-state index contributed by atoms with van der Waals surface area (Å²) < 4.78 is 63.9. The van der Waals surface area contributed by atoms with Crippen molar-refractivity contribution in [3.8, 4) is 23.3 Å². The average Bonchev–Trinajstić information content (AvgIpc) is 2.90. The van der Waals surface area contributed by atoms with Crippen LogP contribution in [0.5, 0.6) is 17.2 Å². The predicted molar refractivity (Wildman–Crippen MR) is 138 cm³/mol. The highest BCUT2D eigenvalue weighted by atomic mass is 19.4. The van der Waals surface area contributed by atoms with E-state index in [1.165, 1.54) is 36.4 Å². The van der Waals surface area contributed by atoms with Crippen LogP contribution in [0.15, 0.2) is 72.8 Å². The summed E-state index contributed by atoms with van der Waals surface area (Å²) in [5.41, 5.74) is -1.49. The molecule has 0 atom stereocenters. The van der Waals surface area contributed by atoms with Crippen molar-refractivity contribution in [3.05, 3.63) is 105 Å². The lowest BCUT2D eigenvalue weighted by Crippen LogP contribution is -2.13. The number of anilines is 1. The molecular formula is C28H21F4N3O5. The largest absolute Gasteiger partial charge is 0.490 e. The van der Waals surface area contributed by atoms with Crippen LogP contribution in [0, 0.1) is 27.3 Å². The van der Waals surface area contributed by atoms with Crippen molar-refractivity contribution in [1.82, 2.24) is 0 Å². The first kappa shape index (κ1) is 29.4. The van der Waals surface area contributed by atoms with Crippen molar-refractivity contribution in [2.45, 2.75) is 19.5 Å². The Morgan fingerprint density at radius 3 is 2.42 bits per heavy atom. The standard InChI is InChI=1S/C28H21F4N3O5/c1-3-5-18-12-17(13-19(16-33)27(36)34-22-9-7-21(29)8-10-22)14-25(39-4-2)26(18)40-24-11-6-20(28(30,31)32)15-23(24)35(37)38/h3,6-15H,1,4-5H2,2H3,(H,34,36)/b19-13+. The van der Waals surface area contributed by atoms with E-state index in [0.29, 0.717) is 23.3 Å². The smallest absolute Gasteiger partial charge is 0.416 e. The van der Waals surface area contributed by atoms with Crippen LogP contribution in [0.1, 0.15) is 23.6 Å². The number of rotatable bonds is 10. The Morgan fingerprint density at radius 1 is 1.15 bits per heavy atom. The Bertz CT molecular complexity index is 1510. The lowest BCUT2D eigenvalue weighted by atomic mass is 10.0. The lowest BCUT2D eigenvalue weighted by Gasteiger charge is -2.17. The van der Waals surface area contributed by atoms with Gasteiger partial charge in [-0.3, -0.25) is 14.9 Å². The molecule has 0 saturated heterocycles. The van der Waals surface area contributed by atoms with Crippen LogP contribution in [-0.2, 0) is 17.4 Å². The molecule has 0 spiro atoms. The Kier molecular flexibility index (Phi) is 9.24. The van der Waals surface area contributed by atoms with Crippen LogP contribution in [-0.4, -0.2) is 17.4 Å². The average molecular weight is 555 g/mol. The molecule has 0 heterocycles. The third-order valence-electron chi connectivity index (χ3n) is 5.29. The Hall–Kier alpha value is -5.18. The normalized spacial score (nSPS) is 11.3. The molecule has 0 fully saturated rings. The number of carbonyl (C=O) groups is 1. The number of benzene rings is 3. The van der Waals surface area contributed by atoms with E-state index in [4.69, 9.17) is 9.47 Å². The van der Waals surface area contributed by atoms with Crippen LogP contribution < -0.4 is 14.8 Å². The summed E-state index contributed by atoms with van der Waals surface area (Å²) in [6.07, 6.45) is -1.92. The van der Waals surface area contributed by atoms with Gasteiger partial charge in [-0.2, -0.15) is 18.4 Å². The summed E-state index contributed by atoms with van der Waals surface area (Å²) in [6, 6.07) is 11.5. The third-order valence-corrected chi connectivity index (χ3v) is 5.29. The van der Waals surface area contributed by atoms with Crippen LogP contribution in [0.3, 0.4) is 0 Å². The fourth-order valence-electron chi connectivity index (χ4n) is 3.53. The Balaban J connectivity index is 2.06. The van der Waals surface area contributed by atoms with Crippen LogP contribution in [0.4, 0.5) is 28.9 Å². The van der Waals surface area contributed by atoms with Crippen molar-refractivity contribution in [3.63, 3.8) is 0 Å². The zero-order valence-electron chi connectivity index (χ0n) is 20.9. The summed E-state index contributed by atoms with van der Waals surface area (Å²) in [5, 5.41) is 23.6. The number of nitrogens with one attached hydrogen (secondary N) is 1. The number of nitriles is 1. The molecule has 1 amide bonds. The van der Waals surface area contributed by atoms with Gasteiger partial charge in [0.1, 0.15) is 17.5 Å². The van der Waals surface area contributed by atoms with Crippen molar-refractivity contribution >= 4 is 23.4 Å². The minimum Gasteiger partial charge on any atom is -0.490 e. The molecule has 0 aliphatic heterocycles. The van der Waals surface area contributed by atoms with Crippen molar-refractivity contribution in [2.24, 2.45) is 0 Å². The topological polar surface area (TPSA) is 114 Å². The summed E-state index contributed by atoms with van der Waals surface area (Å²) in [7, 11) is 0. The van der Waals surface area contributed by atoms with Gasteiger partial charge in [-0.1, -0.05) is 6.08 Å². The zero-order chi connectivity index (χ0) is 29.4. The van der Waals surface area contributed by atoms with Gasteiger partial charge in [0.05, 0.1) is 17.1 Å². The second kappa shape index (κ2) is 12.6. The first-order valence-corrected chi connectivity index (χ1v) is 11.6. The highest BCUT2D eigenvalue weighted by Crippen LogP contribution is 2.42. The van der Waals surface area contributed by atoms with Gasteiger partial charge in [0, 0.05) is 17.3 Å². The van der Waals surface area contributed by atoms with Gasteiger partial charge < -0.3 is 14.8 Å². The number of hydrogen-bond acceptors (Lipinski definition) is 6. The number of allylic oxidation sites excluding steroid dienone is 1. The van der Waals surface area contributed by atoms with E-state index in [1.54, 1.807) is 13.0 Å². The molecule has 0 unspecified atom stereocenters. The third kappa shape index (κ3) is 7.22. The fourth-order valence-corrected chi connectivity index (χ4v) is 3.53. The minimum atomic E-state index is -4.80. The number of hydrogen-bond donors (Lipinski definition) is 1. The molecular weight excluding hydrogens is 534 g/mol. The zero-order valence-corrected chi connectivity index (χ0v) is 20.9. The number of nitrogens with zero attached hydrogens (tertiary/aromatic N) is 2. The highest BCUT2D eigenvalue weighted by Gasteiger charge is 2.33. The first-order valence-electron chi connectivity index (χ1n) is 11.6. The SMILES string of the molecule is C=CCc1cc(/C=C(\C#N)C(=O)Nc2ccc(F)cc2)cc(OCC)c1Oc1ccc(C(F)(F)F)cc1[N+](=O)[O-]. The number of nitro benzene ring substituents is 1. The first-order chi connectivity index (χ1) is 19.0. The predicted octanol–water partition coefficient (Wildman–Crippen LogP) is 7.22. The van der Waals surface area contributed by atoms with Gasteiger partial charge in [0.25, 0.3) is 5.91 Å². The molecule has 0 saturated carbocycles. The summed E-state index contributed by atoms with van der Waals surface area (Å²) in [5.74, 6) is -1.69.